The van der Waals surface area contributed by atoms with E-state index in [2.05, 4.69) is 15.6 Å². The first-order valence-electron chi connectivity index (χ1n) is 12.8. The number of nitrogens with zero attached hydrogens (tertiary/aromatic N) is 2. The Bertz CT molecular complexity index is 1090. The largest absolute Gasteiger partial charge is 0.323 e. The Balaban J connectivity index is 1.48. The molecule has 2 aliphatic heterocycles. The molecule has 8 nitrogen and oxygen atoms in total. The maximum atomic E-state index is 14.9. The van der Waals surface area contributed by atoms with Gasteiger partial charge in [0.15, 0.2) is 0 Å². The summed E-state index contributed by atoms with van der Waals surface area (Å²) < 4.78 is 38.1. The molecular formula is C26H37ClFN5O3S. The molecule has 2 bridgehead atoms. The van der Waals surface area contributed by atoms with Gasteiger partial charge in [-0.15, -0.1) is 10.8 Å². The highest BCUT2D eigenvalue weighted by atomic mass is 35.5. The van der Waals surface area contributed by atoms with Crippen molar-refractivity contribution in [1.29, 1.82) is 0 Å². The molecule has 0 aliphatic carbocycles. The van der Waals surface area contributed by atoms with Crippen molar-refractivity contribution >= 4 is 34.0 Å². The minimum absolute atomic E-state index is 0.0722. The molecule has 3 unspecified atom stereocenters. The van der Waals surface area contributed by atoms with Crippen molar-refractivity contribution in [1.82, 2.24) is 14.6 Å². The fourth-order valence-corrected chi connectivity index (χ4v) is 7.47. The van der Waals surface area contributed by atoms with E-state index in [0.717, 1.165) is 24.6 Å². The molecule has 204 valence electrons. The van der Waals surface area contributed by atoms with Gasteiger partial charge in [0.25, 0.3) is 0 Å². The van der Waals surface area contributed by atoms with Crippen LogP contribution in [-0.4, -0.2) is 61.3 Å². The van der Waals surface area contributed by atoms with E-state index in [1.807, 2.05) is 26.0 Å². The van der Waals surface area contributed by atoms with Gasteiger partial charge in [0, 0.05) is 41.7 Å². The first kappa shape index (κ1) is 28.2. The molecule has 3 heterocycles. The first-order chi connectivity index (χ1) is 17.6. The molecule has 37 heavy (non-hydrogen) atoms. The molecule has 4 rings (SSSR count). The summed E-state index contributed by atoms with van der Waals surface area (Å²) in [4.78, 5) is 17.2. The Kier molecular flexibility index (Phi) is 9.11. The highest BCUT2D eigenvalue weighted by Crippen LogP contribution is 2.49. The highest BCUT2D eigenvalue weighted by Gasteiger charge is 2.38. The van der Waals surface area contributed by atoms with Gasteiger partial charge < -0.3 is 16.4 Å². The molecule has 11 heteroatoms. The molecule has 5 atom stereocenters. The van der Waals surface area contributed by atoms with E-state index in [1.165, 1.54) is 6.20 Å². The molecule has 0 spiro atoms. The summed E-state index contributed by atoms with van der Waals surface area (Å²) in [6, 6.07) is 6.47. The number of anilines is 1. The molecule has 6 N–H and O–H groups in total. The van der Waals surface area contributed by atoms with Crippen molar-refractivity contribution in [2.75, 3.05) is 24.2 Å². The lowest BCUT2D eigenvalue weighted by molar-refractivity contribution is -0.118. The van der Waals surface area contributed by atoms with Crippen LogP contribution in [0.1, 0.15) is 50.2 Å². The van der Waals surface area contributed by atoms with Crippen LogP contribution in [0.2, 0.25) is 5.02 Å². The summed E-state index contributed by atoms with van der Waals surface area (Å²) in [6.07, 6.45) is 5.01. The Morgan fingerprint density at radius 2 is 2.05 bits per heavy atom. The number of hydrogen-bond acceptors (Lipinski definition) is 7. The number of rotatable bonds is 8. The van der Waals surface area contributed by atoms with E-state index in [9.17, 15) is 18.3 Å². The van der Waals surface area contributed by atoms with Crippen molar-refractivity contribution in [3.05, 3.63) is 58.6 Å². The van der Waals surface area contributed by atoms with Crippen LogP contribution in [0.25, 0.3) is 0 Å². The Morgan fingerprint density at radius 1 is 1.32 bits per heavy atom. The number of carbonyl (C=O) groups is 1. The number of halogens is 2. The quantitative estimate of drug-likeness (QED) is 0.323. The topological polar surface area (TPSA) is 124 Å². The van der Waals surface area contributed by atoms with Gasteiger partial charge in [0.05, 0.1) is 29.9 Å². The number of amides is 1. The number of fused-ring (bicyclic) bond motifs is 2. The van der Waals surface area contributed by atoms with Crippen molar-refractivity contribution in [3.63, 3.8) is 0 Å². The summed E-state index contributed by atoms with van der Waals surface area (Å²) in [5, 5.41) is 6.89. The van der Waals surface area contributed by atoms with Gasteiger partial charge in [-0.1, -0.05) is 37.6 Å². The average molecular weight is 554 g/mol. The maximum absolute atomic E-state index is 14.9. The zero-order valence-electron chi connectivity index (χ0n) is 21.2. The molecular weight excluding hydrogens is 517 g/mol. The summed E-state index contributed by atoms with van der Waals surface area (Å²) in [6.45, 7) is 5.15. The molecule has 1 amide bonds. The Labute approximate surface area is 224 Å². The standard InChI is InChI=1S/C26H37ClFN5O3S/c1-16(2)24(17-5-7-18(27)8-6-17)25(29)26(34)32-23-14-30-13-22(28)21(23)10-9-20-12-31-19-4-3-11-37(35,36)33(20)15-19/h5-8,13-14,16,19-20,24-25,31,35-36H,3-4,9-12,15,29H2,1-2H3,(H,32,34)/t19?,20?,24-,25-/m1/s1. The summed E-state index contributed by atoms with van der Waals surface area (Å²) in [7, 11) is -2.85. The fraction of sp³-hybridized carbons (Fsp3) is 0.538. The predicted molar refractivity (Wildman–Crippen MR) is 147 cm³/mol. The van der Waals surface area contributed by atoms with E-state index >= 15 is 0 Å². The summed E-state index contributed by atoms with van der Waals surface area (Å²) in [5.41, 5.74) is 7.95. The van der Waals surface area contributed by atoms with Crippen LogP contribution in [0.15, 0.2) is 36.7 Å². The van der Waals surface area contributed by atoms with Crippen LogP contribution in [0, 0.1) is 11.7 Å². The number of benzene rings is 1. The minimum atomic E-state index is -2.85. The SMILES string of the molecule is CC(C)[C@H](c1ccc(Cl)cc1)[C@@H](N)C(=O)Nc1cncc(F)c1CCC1CNC2CCCS(O)(O)N1C2. The second-order valence-electron chi connectivity index (χ2n) is 10.4. The van der Waals surface area contributed by atoms with Gasteiger partial charge in [0.1, 0.15) is 5.82 Å². The number of hydrogen-bond donors (Lipinski definition) is 5. The smallest absolute Gasteiger partial charge is 0.241 e. The first-order valence-corrected chi connectivity index (χ1v) is 14.8. The molecule has 1 aromatic heterocycles. The van der Waals surface area contributed by atoms with E-state index in [4.69, 9.17) is 17.3 Å². The van der Waals surface area contributed by atoms with Crippen LogP contribution in [0.3, 0.4) is 0 Å². The van der Waals surface area contributed by atoms with Crippen LogP contribution in [0.4, 0.5) is 10.1 Å². The third-order valence-electron chi connectivity index (χ3n) is 7.45. The van der Waals surface area contributed by atoms with Gasteiger partial charge >= 0.3 is 0 Å². The maximum Gasteiger partial charge on any atom is 0.241 e. The number of piperazine rings is 1. The Morgan fingerprint density at radius 3 is 2.76 bits per heavy atom. The van der Waals surface area contributed by atoms with Crippen molar-refractivity contribution < 1.29 is 18.3 Å². The molecule has 2 saturated heterocycles. The van der Waals surface area contributed by atoms with E-state index in [-0.39, 0.29) is 29.6 Å². The van der Waals surface area contributed by atoms with Crippen LogP contribution in [0.5, 0.6) is 0 Å². The van der Waals surface area contributed by atoms with Gasteiger partial charge in [-0.2, -0.15) is 0 Å². The lowest BCUT2D eigenvalue weighted by Crippen LogP contribution is -2.55. The number of nitrogens with two attached hydrogens (primary N) is 1. The lowest BCUT2D eigenvalue weighted by atomic mass is 9.82. The molecule has 1 aromatic carbocycles. The monoisotopic (exact) mass is 553 g/mol. The third kappa shape index (κ3) is 6.62. The zero-order valence-corrected chi connectivity index (χ0v) is 22.8. The van der Waals surface area contributed by atoms with Crippen LogP contribution < -0.4 is 16.4 Å². The summed E-state index contributed by atoms with van der Waals surface area (Å²) >= 11 is 6.03. The van der Waals surface area contributed by atoms with Gasteiger partial charge in [0.2, 0.25) is 5.91 Å². The molecule has 0 radical (unpaired) electrons. The van der Waals surface area contributed by atoms with Gasteiger partial charge in [-0.05, 0) is 49.3 Å². The minimum Gasteiger partial charge on any atom is -0.323 e. The average Bonchev–Trinajstić information content (AvgIpc) is 2.96. The predicted octanol–water partition coefficient (Wildman–Crippen LogP) is 4.61. The third-order valence-corrected chi connectivity index (χ3v) is 9.74. The number of nitrogens with one attached hydrogen (secondary N) is 2. The van der Waals surface area contributed by atoms with Gasteiger partial charge in [-0.3, -0.25) is 18.9 Å². The normalized spacial score (nSPS) is 25.7. The van der Waals surface area contributed by atoms with Gasteiger partial charge in [-0.25, -0.2) is 8.70 Å². The van der Waals surface area contributed by atoms with Crippen LogP contribution >= 0.6 is 22.4 Å². The number of aromatic nitrogens is 1. The van der Waals surface area contributed by atoms with Crippen molar-refractivity contribution in [3.8, 4) is 0 Å². The highest BCUT2D eigenvalue weighted by molar-refractivity contribution is 8.22. The fourth-order valence-electron chi connectivity index (χ4n) is 5.48. The second-order valence-corrected chi connectivity index (χ2v) is 12.9. The number of pyridine rings is 1. The van der Waals surface area contributed by atoms with Crippen molar-refractivity contribution in [2.45, 2.75) is 63.6 Å². The number of carbonyl (C=O) groups excluding carboxylic acids is 1. The molecule has 2 aliphatic rings. The van der Waals surface area contributed by atoms with Crippen molar-refractivity contribution in [2.24, 2.45) is 11.7 Å². The second kappa shape index (κ2) is 11.9. The summed E-state index contributed by atoms with van der Waals surface area (Å²) in [5.74, 6) is -0.783. The van der Waals surface area contributed by atoms with E-state index < -0.39 is 28.5 Å². The van der Waals surface area contributed by atoms with E-state index in [1.54, 1.807) is 16.4 Å². The lowest BCUT2D eigenvalue weighted by Gasteiger charge is -2.49. The molecule has 2 aromatic rings. The molecule has 2 fully saturated rings. The molecule has 0 saturated carbocycles. The van der Waals surface area contributed by atoms with Crippen LogP contribution in [-0.2, 0) is 11.2 Å². The zero-order chi connectivity index (χ0) is 26.7. The van der Waals surface area contributed by atoms with E-state index in [0.29, 0.717) is 42.3 Å². The Hall–Kier alpha value is -1.79.